The smallest absolute Gasteiger partial charge is 0.136 e. The van der Waals surface area contributed by atoms with Crippen LogP contribution in [0.3, 0.4) is 0 Å². The topological polar surface area (TPSA) is 33.2 Å². The third kappa shape index (κ3) is 3.05. The third-order valence-corrected chi connectivity index (χ3v) is 4.55. The standard InChI is InChI=1S/C20H21N3O/c1-22-11-13-23(14-12-22)21-18-15-20(16-7-3-2-4-8-16)24-19-10-6-5-9-17(18)19/h2-10,15H,11-14H2,1H3/p+1/b21-18-. The molecule has 4 nitrogen and oxygen atoms in total. The molecule has 122 valence electrons. The zero-order chi connectivity index (χ0) is 16.4. The molecular formula is C20H22N3O+. The Labute approximate surface area is 141 Å². The number of benzene rings is 2. The van der Waals surface area contributed by atoms with Gasteiger partial charge in [0.15, 0.2) is 0 Å². The zero-order valence-corrected chi connectivity index (χ0v) is 13.9. The van der Waals surface area contributed by atoms with Crippen LogP contribution in [0.4, 0.5) is 0 Å². The van der Waals surface area contributed by atoms with Crippen LogP contribution in [-0.2, 0) is 0 Å². The lowest BCUT2D eigenvalue weighted by Crippen LogP contribution is -3.11. The van der Waals surface area contributed by atoms with Crippen LogP contribution in [0.25, 0.3) is 22.3 Å². The second-order valence-electron chi connectivity index (χ2n) is 6.37. The Bertz CT molecular complexity index is 893. The van der Waals surface area contributed by atoms with Crippen molar-refractivity contribution in [1.82, 2.24) is 5.01 Å². The second kappa shape index (κ2) is 6.49. The van der Waals surface area contributed by atoms with E-state index in [9.17, 15) is 0 Å². The van der Waals surface area contributed by atoms with Crippen molar-refractivity contribution < 1.29 is 9.32 Å². The molecule has 1 aliphatic heterocycles. The predicted molar refractivity (Wildman–Crippen MR) is 95.4 cm³/mol. The minimum absolute atomic E-state index is 0.854. The molecule has 1 aliphatic rings. The molecule has 0 aliphatic carbocycles. The van der Waals surface area contributed by atoms with Gasteiger partial charge in [-0.2, -0.15) is 5.10 Å². The summed E-state index contributed by atoms with van der Waals surface area (Å²) < 4.78 is 6.11. The van der Waals surface area contributed by atoms with Gasteiger partial charge in [-0.1, -0.05) is 42.5 Å². The van der Waals surface area contributed by atoms with Crippen LogP contribution in [0.15, 0.2) is 70.2 Å². The van der Waals surface area contributed by atoms with E-state index in [1.54, 1.807) is 4.90 Å². The van der Waals surface area contributed by atoms with Gasteiger partial charge in [-0.05, 0) is 12.1 Å². The van der Waals surface area contributed by atoms with Crippen LogP contribution in [0.2, 0.25) is 0 Å². The van der Waals surface area contributed by atoms with E-state index in [0.717, 1.165) is 53.8 Å². The summed E-state index contributed by atoms with van der Waals surface area (Å²) in [7, 11) is 2.24. The van der Waals surface area contributed by atoms with Crippen molar-refractivity contribution in [2.45, 2.75) is 0 Å². The second-order valence-corrected chi connectivity index (χ2v) is 6.37. The number of quaternary nitrogens is 1. The molecule has 1 fully saturated rings. The highest BCUT2D eigenvalue weighted by molar-refractivity contribution is 5.78. The first kappa shape index (κ1) is 15.0. The summed E-state index contributed by atoms with van der Waals surface area (Å²) in [6.07, 6.45) is 0. The lowest BCUT2D eigenvalue weighted by Gasteiger charge is -2.27. The average Bonchev–Trinajstić information content (AvgIpc) is 2.64. The van der Waals surface area contributed by atoms with Gasteiger partial charge in [-0.15, -0.1) is 0 Å². The Morgan fingerprint density at radius 2 is 1.67 bits per heavy atom. The highest BCUT2D eigenvalue weighted by Crippen LogP contribution is 2.21. The molecule has 0 spiro atoms. The molecule has 24 heavy (non-hydrogen) atoms. The molecular weight excluding hydrogens is 298 g/mol. The third-order valence-electron chi connectivity index (χ3n) is 4.55. The van der Waals surface area contributed by atoms with Crippen molar-refractivity contribution in [3.63, 3.8) is 0 Å². The van der Waals surface area contributed by atoms with Crippen molar-refractivity contribution >= 4 is 11.0 Å². The lowest BCUT2D eigenvalue weighted by atomic mass is 10.1. The number of hydrogen-bond acceptors (Lipinski definition) is 3. The van der Waals surface area contributed by atoms with Crippen LogP contribution in [-0.4, -0.2) is 38.2 Å². The maximum atomic E-state index is 6.11. The summed E-state index contributed by atoms with van der Waals surface area (Å²) in [5.41, 5.74) is 1.94. The van der Waals surface area contributed by atoms with Crippen LogP contribution in [0.1, 0.15) is 0 Å². The van der Waals surface area contributed by atoms with E-state index in [1.165, 1.54) is 0 Å². The minimum atomic E-state index is 0.854. The van der Waals surface area contributed by atoms with Crippen LogP contribution >= 0.6 is 0 Å². The number of likely N-dealkylation sites (N-methyl/N-ethyl adjacent to an activating group) is 1. The number of hydrogen-bond donors (Lipinski definition) is 1. The van der Waals surface area contributed by atoms with Crippen LogP contribution in [0, 0.1) is 0 Å². The fourth-order valence-electron chi connectivity index (χ4n) is 3.07. The summed E-state index contributed by atoms with van der Waals surface area (Å²) in [5, 5.41) is 9.15. The molecule has 4 heteroatoms. The Morgan fingerprint density at radius 3 is 2.46 bits per heavy atom. The molecule has 2 aromatic carbocycles. The molecule has 2 heterocycles. The van der Waals surface area contributed by atoms with E-state index >= 15 is 0 Å². The van der Waals surface area contributed by atoms with E-state index in [0.29, 0.717) is 0 Å². The number of para-hydroxylation sites is 1. The summed E-state index contributed by atoms with van der Waals surface area (Å²) in [4.78, 5) is 1.57. The molecule has 1 aromatic heterocycles. The van der Waals surface area contributed by atoms with Gasteiger partial charge in [0.1, 0.15) is 11.3 Å². The average molecular weight is 320 g/mol. The van der Waals surface area contributed by atoms with Crippen molar-refractivity contribution in [3.05, 3.63) is 66.0 Å². The molecule has 0 atom stereocenters. The SMILES string of the molecule is C[NH+]1CCN(/N=c2/cc(-c3ccccc3)oc3ccccc23)CC1. The highest BCUT2D eigenvalue weighted by atomic mass is 16.3. The van der Waals surface area contributed by atoms with Crippen LogP contribution in [0.5, 0.6) is 0 Å². The fourth-order valence-corrected chi connectivity index (χ4v) is 3.07. The van der Waals surface area contributed by atoms with Gasteiger partial charge in [0, 0.05) is 17.0 Å². The normalized spacial score (nSPS) is 16.7. The van der Waals surface area contributed by atoms with Crippen LogP contribution < -0.4 is 10.3 Å². The van der Waals surface area contributed by atoms with Gasteiger partial charge in [-0.25, -0.2) is 0 Å². The van der Waals surface area contributed by atoms with Gasteiger partial charge >= 0.3 is 0 Å². The molecule has 0 unspecified atom stereocenters. The van der Waals surface area contributed by atoms with Gasteiger partial charge in [-0.3, -0.25) is 5.01 Å². The van der Waals surface area contributed by atoms with Crippen molar-refractivity contribution in [2.75, 3.05) is 33.2 Å². The molecule has 4 rings (SSSR count). The van der Waals surface area contributed by atoms with Gasteiger partial charge in [0.05, 0.1) is 38.6 Å². The maximum absolute atomic E-state index is 6.11. The van der Waals surface area contributed by atoms with E-state index in [-0.39, 0.29) is 0 Å². The van der Waals surface area contributed by atoms with Crippen molar-refractivity contribution in [1.29, 1.82) is 0 Å². The molecule has 1 N–H and O–H groups in total. The Balaban J connectivity index is 1.84. The molecule has 0 amide bonds. The summed E-state index contributed by atoms with van der Waals surface area (Å²) in [5.74, 6) is 0.854. The quantitative estimate of drug-likeness (QED) is 0.780. The monoisotopic (exact) mass is 320 g/mol. The summed E-state index contributed by atoms with van der Waals surface area (Å²) in [6.45, 7) is 4.24. The Hall–Kier alpha value is -2.59. The van der Waals surface area contributed by atoms with Gasteiger partial charge in [0.25, 0.3) is 0 Å². The van der Waals surface area contributed by atoms with E-state index in [2.05, 4.69) is 36.3 Å². The first-order chi connectivity index (χ1) is 11.8. The first-order valence-corrected chi connectivity index (χ1v) is 8.49. The van der Waals surface area contributed by atoms with Gasteiger partial charge in [0.2, 0.25) is 0 Å². The molecule has 0 bridgehead atoms. The molecule has 0 saturated carbocycles. The predicted octanol–water partition coefficient (Wildman–Crippen LogP) is 1.75. The number of nitrogens with zero attached hydrogens (tertiary/aromatic N) is 2. The fraction of sp³-hybridized carbons (Fsp3) is 0.250. The minimum Gasteiger partial charge on any atom is -0.456 e. The number of piperazine rings is 1. The summed E-state index contributed by atoms with van der Waals surface area (Å²) >= 11 is 0. The maximum Gasteiger partial charge on any atom is 0.136 e. The van der Waals surface area contributed by atoms with E-state index in [4.69, 9.17) is 9.52 Å². The zero-order valence-electron chi connectivity index (χ0n) is 13.9. The number of nitrogens with one attached hydrogen (secondary N) is 1. The Morgan fingerprint density at radius 1 is 0.958 bits per heavy atom. The lowest BCUT2D eigenvalue weighted by molar-refractivity contribution is -0.884. The number of rotatable bonds is 2. The Kier molecular flexibility index (Phi) is 4.05. The van der Waals surface area contributed by atoms with Gasteiger partial charge < -0.3 is 9.32 Å². The molecule has 3 aromatic rings. The van der Waals surface area contributed by atoms with Crippen molar-refractivity contribution in [2.24, 2.45) is 5.10 Å². The highest BCUT2D eigenvalue weighted by Gasteiger charge is 2.15. The summed E-state index contributed by atoms with van der Waals surface area (Å²) in [6, 6.07) is 20.4. The molecule has 1 saturated heterocycles. The number of fused-ring (bicyclic) bond motifs is 1. The molecule has 0 radical (unpaired) electrons. The van der Waals surface area contributed by atoms with E-state index < -0.39 is 0 Å². The van der Waals surface area contributed by atoms with Crippen molar-refractivity contribution in [3.8, 4) is 11.3 Å². The largest absolute Gasteiger partial charge is 0.456 e. The first-order valence-electron chi connectivity index (χ1n) is 8.49. The van der Waals surface area contributed by atoms with E-state index in [1.807, 2.05) is 36.4 Å².